The summed E-state index contributed by atoms with van der Waals surface area (Å²) in [5.41, 5.74) is 6.50. The molecule has 0 amide bonds. The van der Waals surface area contributed by atoms with Gasteiger partial charge in [0.2, 0.25) is 0 Å². The zero-order valence-electron chi connectivity index (χ0n) is 13.7. The number of benzene rings is 1. The van der Waals surface area contributed by atoms with Crippen LogP contribution in [0.2, 0.25) is 0 Å². The van der Waals surface area contributed by atoms with Crippen LogP contribution in [0.4, 0.5) is 5.82 Å². The summed E-state index contributed by atoms with van der Waals surface area (Å²) in [6.07, 6.45) is 5.12. The van der Waals surface area contributed by atoms with Gasteiger partial charge in [-0.2, -0.15) is 10.2 Å². The molecule has 3 rings (SSSR count). The van der Waals surface area contributed by atoms with Crippen LogP contribution in [0.5, 0.6) is 5.75 Å². The molecule has 0 saturated heterocycles. The summed E-state index contributed by atoms with van der Waals surface area (Å²) in [5.74, 6) is 1.51. The predicted molar refractivity (Wildman–Crippen MR) is 92.6 cm³/mol. The van der Waals surface area contributed by atoms with Gasteiger partial charge in [0.15, 0.2) is 11.6 Å². The number of nitrogens with one attached hydrogen (secondary N) is 1. The number of aryl methyl sites for hydroxylation is 2. The third-order valence-electron chi connectivity index (χ3n) is 3.55. The molecule has 0 fully saturated rings. The topological polar surface area (TPSA) is 88.2 Å². The third kappa shape index (κ3) is 3.40. The van der Waals surface area contributed by atoms with Crippen LogP contribution in [-0.2, 0) is 0 Å². The van der Waals surface area contributed by atoms with E-state index < -0.39 is 0 Å². The molecule has 0 aliphatic rings. The van der Waals surface area contributed by atoms with Crippen molar-refractivity contribution in [2.75, 3.05) is 5.43 Å². The molecule has 2 heterocycles. The molecule has 24 heavy (non-hydrogen) atoms. The normalized spacial score (nSPS) is 11.5. The van der Waals surface area contributed by atoms with E-state index in [0.717, 1.165) is 22.4 Å². The Hall–Kier alpha value is -3.22. The van der Waals surface area contributed by atoms with Crippen LogP contribution in [0.3, 0.4) is 0 Å². The largest absolute Gasteiger partial charge is 0.508 e. The van der Waals surface area contributed by atoms with Crippen molar-refractivity contribution in [1.82, 2.24) is 19.7 Å². The Morgan fingerprint density at radius 3 is 2.75 bits per heavy atom. The second-order valence-corrected chi connectivity index (χ2v) is 5.53. The summed E-state index contributed by atoms with van der Waals surface area (Å²) in [6, 6.07) is 7.13. The molecule has 3 aromatic rings. The second-order valence-electron chi connectivity index (χ2n) is 5.53. The predicted octanol–water partition coefficient (Wildman–Crippen LogP) is 2.82. The highest BCUT2D eigenvalue weighted by Gasteiger charge is 2.04. The van der Waals surface area contributed by atoms with Gasteiger partial charge in [-0.25, -0.2) is 14.6 Å². The van der Waals surface area contributed by atoms with Crippen molar-refractivity contribution < 1.29 is 5.11 Å². The molecule has 0 atom stereocenters. The molecule has 2 aromatic heterocycles. The van der Waals surface area contributed by atoms with Crippen LogP contribution >= 0.6 is 0 Å². The molecule has 0 bridgehead atoms. The van der Waals surface area contributed by atoms with Gasteiger partial charge in [0.25, 0.3) is 0 Å². The average molecular weight is 322 g/mol. The van der Waals surface area contributed by atoms with Crippen LogP contribution in [0, 0.1) is 13.8 Å². The van der Waals surface area contributed by atoms with Crippen molar-refractivity contribution in [1.29, 1.82) is 0 Å². The van der Waals surface area contributed by atoms with Crippen molar-refractivity contribution in [3.05, 3.63) is 59.7 Å². The van der Waals surface area contributed by atoms with E-state index in [4.69, 9.17) is 0 Å². The monoisotopic (exact) mass is 322 g/mol. The molecule has 0 spiro atoms. The lowest BCUT2D eigenvalue weighted by molar-refractivity contribution is 0.471. The molecular formula is C17H18N6O. The number of nitrogens with zero attached hydrogens (tertiary/aromatic N) is 5. The summed E-state index contributed by atoms with van der Waals surface area (Å²) in [5, 5.41) is 18.2. The minimum atomic E-state index is 0.273. The molecule has 0 radical (unpaired) electrons. The molecular weight excluding hydrogens is 304 g/mol. The Balaban J connectivity index is 1.79. The first kappa shape index (κ1) is 15.7. The van der Waals surface area contributed by atoms with E-state index in [-0.39, 0.29) is 5.75 Å². The SMILES string of the molecule is C/C(=N/Nc1cc(-n2cc(C)cn2)ncn1)c1ccc(O)c(C)c1. The first-order valence-electron chi connectivity index (χ1n) is 7.47. The number of hydrogen-bond donors (Lipinski definition) is 2. The fraction of sp³-hybridized carbons (Fsp3) is 0.176. The zero-order valence-corrected chi connectivity index (χ0v) is 13.7. The smallest absolute Gasteiger partial charge is 0.158 e. The number of rotatable bonds is 4. The third-order valence-corrected chi connectivity index (χ3v) is 3.55. The molecule has 122 valence electrons. The highest BCUT2D eigenvalue weighted by Crippen LogP contribution is 2.17. The number of phenolic OH excluding ortho intramolecular Hbond substituents is 1. The fourth-order valence-corrected chi connectivity index (χ4v) is 2.16. The van der Waals surface area contributed by atoms with Crippen molar-refractivity contribution >= 4 is 11.5 Å². The standard InChI is InChI=1S/C17H18N6O/c1-11-8-20-23(9-11)17-7-16(18-10-19-17)22-21-13(3)14-4-5-15(24)12(2)6-14/h4-10,24H,1-3H3,(H,18,19,22)/b21-13-. The second kappa shape index (κ2) is 6.49. The molecule has 0 saturated carbocycles. The molecule has 0 aliphatic carbocycles. The highest BCUT2D eigenvalue weighted by molar-refractivity contribution is 5.99. The number of aromatic nitrogens is 4. The molecule has 2 N–H and O–H groups in total. The molecule has 0 aliphatic heterocycles. The highest BCUT2D eigenvalue weighted by atomic mass is 16.3. The number of anilines is 1. The molecule has 7 nitrogen and oxygen atoms in total. The maximum atomic E-state index is 9.59. The van der Waals surface area contributed by atoms with Gasteiger partial charge in [-0.15, -0.1) is 0 Å². The molecule has 1 aromatic carbocycles. The van der Waals surface area contributed by atoms with Gasteiger partial charge in [-0.1, -0.05) is 0 Å². The van der Waals surface area contributed by atoms with Gasteiger partial charge in [-0.05, 0) is 55.7 Å². The van der Waals surface area contributed by atoms with Gasteiger partial charge in [0.05, 0.1) is 11.9 Å². The van der Waals surface area contributed by atoms with E-state index >= 15 is 0 Å². The van der Waals surface area contributed by atoms with Gasteiger partial charge in [0.1, 0.15) is 12.1 Å². The van der Waals surface area contributed by atoms with E-state index in [1.807, 2.05) is 39.1 Å². The lowest BCUT2D eigenvalue weighted by atomic mass is 10.1. The summed E-state index contributed by atoms with van der Waals surface area (Å²) in [6.45, 7) is 5.71. The Labute approximate surface area is 139 Å². The molecule has 7 heteroatoms. The summed E-state index contributed by atoms with van der Waals surface area (Å²) < 4.78 is 1.68. The first-order chi connectivity index (χ1) is 11.5. The van der Waals surface area contributed by atoms with E-state index in [0.29, 0.717) is 11.6 Å². The Morgan fingerprint density at radius 1 is 1.21 bits per heavy atom. The van der Waals surface area contributed by atoms with Crippen LogP contribution in [0.15, 0.2) is 48.1 Å². The quantitative estimate of drug-likeness (QED) is 0.569. The van der Waals surface area contributed by atoms with Gasteiger partial charge in [-0.3, -0.25) is 5.43 Å². The van der Waals surface area contributed by atoms with Gasteiger partial charge < -0.3 is 5.11 Å². The van der Waals surface area contributed by atoms with Crippen LogP contribution in [0.1, 0.15) is 23.6 Å². The maximum Gasteiger partial charge on any atom is 0.158 e. The Kier molecular flexibility index (Phi) is 4.24. The van der Waals surface area contributed by atoms with Crippen LogP contribution < -0.4 is 5.43 Å². The van der Waals surface area contributed by atoms with Crippen molar-refractivity contribution in [3.8, 4) is 11.6 Å². The average Bonchev–Trinajstić information content (AvgIpc) is 3.02. The summed E-state index contributed by atoms with van der Waals surface area (Å²) >= 11 is 0. The Morgan fingerprint density at radius 2 is 2.04 bits per heavy atom. The van der Waals surface area contributed by atoms with E-state index in [1.165, 1.54) is 6.33 Å². The van der Waals surface area contributed by atoms with Crippen LogP contribution in [-0.4, -0.2) is 30.6 Å². The van der Waals surface area contributed by atoms with Crippen molar-refractivity contribution in [2.45, 2.75) is 20.8 Å². The summed E-state index contributed by atoms with van der Waals surface area (Å²) in [7, 11) is 0. The van der Waals surface area contributed by atoms with Crippen LogP contribution in [0.25, 0.3) is 5.82 Å². The minimum Gasteiger partial charge on any atom is -0.508 e. The first-order valence-corrected chi connectivity index (χ1v) is 7.47. The number of aromatic hydroxyl groups is 1. The maximum absolute atomic E-state index is 9.59. The number of phenols is 1. The molecule has 0 unspecified atom stereocenters. The van der Waals surface area contributed by atoms with Gasteiger partial charge in [0, 0.05) is 12.3 Å². The number of hydrogen-bond acceptors (Lipinski definition) is 6. The van der Waals surface area contributed by atoms with Crippen molar-refractivity contribution in [2.24, 2.45) is 5.10 Å². The number of hydrazone groups is 1. The lowest BCUT2D eigenvalue weighted by Crippen LogP contribution is -2.04. The van der Waals surface area contributed by atoms with E-state index in [9.17, 15) is 5.11 Å². The zero-order chi connectivity index (χ0) is 17.1. The minimum absolute atomic E-state index is 0.273. The van der Waals surface area contributed by atoms with E-state index in [2.05, 4.69) is 25.6 Å². The lowest BCUT2D eigenvalue weighted by Gasteiger charge is -2.06. The Bertz CT molecular complexity index is 900. The fourth-order valence-electron chi connectivity index (χ4n) is 2.16. The van der Waals surface area contributed by atoms with Gasteiger partial charge >= 0.3 is 0 Å². The van der Waals surface area contributed by atoms with Crippen molar-refractivity contribution in [3.63, 3.8) is 0 Å². The van der Waals surface area contributed by atoms with E-state index in [1.54, 1.807) is 23.0 Å². The summed E-state index contributed by atoms with van der Waals surface area (Å²) in [4.78, 5) is 8.36.